The van der Waals surface area contributed by atoms with Crippen LogP contribution in [0.5, 0.6) is 17.2 Å². The van der Waals surface area contributed by atoms with E-state index in [1.807, 2.05) is 37.3 Å². The smallest absolute Gasteiger partial charge is 0.272 e. The monoisotopic (exact) mass is 639 g/mol. The summed E-state index contributed by atoms with van der Waals surface area (Å²) in [5.41, 5.74) is 4.42. The summed E-state index contributed by atoms with van der Waals surface area (Å²) < 4.78 is 16.3. The minimum atomic E-state index is -0.539. The topological polar surface area (TPSA) is 115 Å². The van der Waals surface area contributed by atoms with Crippen LogP contribution in [0.4, 0.5) is 11.4 Å². The summed E-state index contributed by atoms with van der Waals surface area (Å²) in [6.45, 7) is 4.04. The van der Waals surface area contributed by atoms with Crippen LogP contribution in [0.15, 0.2) is 95.5 Å². The number of rotatable bonds is 13. The Hall–Kier alpha value is -5.22. The SMILES string of the molecule is CCc1cccc(C)c1NC(=O)CSc1ccc(NC(=O)/C(=C/c2cc(OC)c(OC)c(OC)c2)NC(=O)c2ccccc2)cc1. The molecule has 0 saturated heterocycles. The number of thioether (sulfide) groups is 1. The quantitative estimate of drug-likeness (QED) is 0.110. The first kappa shape index (κ1) is 33.7. The summed E-state index contributed by atoms with van der Waals surface area (Å²) in [6.07, 6.45) is 2.36. The van der Waals surface area contributed by atoms with E-state index in [-0.39, 0.29) is 17.4 Å². The number of carbonyl (C=O) groups is 3. The molecule has 0 spiro atoms. The molecule has 0 fully saturated rings. The van der Waals surface area contributed by atoms with Crippen LogP contribution in [0.25, 0.3) is 6.08 Å². The van der Waals surface area contributed by atoms with E-state index in [4.69, 9.17) is 14.2 Å². The average molecular weight is 640 g/mol. The molecule has 0 atom stereocenters. The molecule has 0 bridgehead atoms. The van der Waals surface area contributed by atoms with E-state index in [0.29, 0.717) is 34.1 Å². The van der Waals surface area contributed by atoms with Gasteiger partial charge < -0.3 is 30.2 Å². The van der Waals surface area contributed by atoms with Crippen LogP contribution in [0.3, 0.4) is 0 Å². The van der Waals surface area contributed by atoms with Crippen LogP contribution in [0, 0.1) is 6.92 Å². The minimum Gasteiger partial charge on any atom is -0.493 e. The molecule has 3 amide bonds. The number of carbonyl (C=O) groups excluding carboxylic acids is 3. The van der Waals surface area contributed by atoms with Crippen molar-refractivity contribution in [3.05, 3.63) is 113 Å². The highest BCUT2D eigenvalue weighted by molar-refractivity contribution is 8.00. The van der Waals surface area contributed by atoms with E-state index in [1.54, 1.807) is 54.6 Å². The molecule has 0 aliphatic carbocycles. The third-order valence-electron chi connectivity index (χ3n) is 7.01. The van der Waals surface area contributed by atoms with Gasteiger partial charge in [-0.15, -0.1) is 11.8 Å². The first-order valence-electron chi connectivity index (χ1n) is 14.6. The molecule has 4 rings (SSSR count). The van der Waals surface area contributed by atoms with Crippen LogP contribution in [-0.4, -0.2) is 44.8 Å². The van der Waals surface area contributed by atoms with E-state index in [2.05, 4.69) is 22.9 Å². The van der Waals surface area contributed by atoms with Gasteiger partial charge in [0.2, 0.25) is 11.7 Å². The second kappa shape index (κ2) is 16.2. The molecule has 0 aliphatic heterocycles. The van der Waals surface area contributed by atoms with Crippen LogP contribution >= 0.6 is 11.8 Å². The van der Waals surface area contributed by atoms with Crippen molar-refractivity contribution >= 4 is 46.9 Å². The van der Waals surface area contributed by atoms with Gasteiger partial charge >= 0.3 is 0 Å². The van der Waals surface area contributed by atoms with Gasteiger partial charge in [0.25, 0.3) is 11.8 Å². The van der Waals surface area contributed by atoms with Crippen molar-refractivity contribution in [3.8, 4) is 17.2 Å². The molecule has 3 N–H and O–H groups in total. The number of hydrogen-bond acceptors (Lipinski definition) is 7. The molecule has 4 aromatic rings. The largest absolute Gasteiger partial charge is 0.493 e. The number of ether oxygens (including phenoxy) is 3. The molecule has 10 heteroatoms. The zero-order valence-corrected chi connectivity index (χ0v) is 27.2. The van der Waals surface area contributed by atoms with E-state index < -0.39 is 11.8 Å². The Bertz CT molecular complexity index is 1700. The van der Waals surface area contributed by atoms with Crippen molar-refractivity contribution in [3.63, 3.8) is 0 Å². The summed E-state index contributed by atoms with van der Waals surface area (Å²) >= 11 is 1.39. The van der Waals surface area contributed by atoms with Gasteiger partial charge in [-0.05, 0) is 84.6 Å². The lowest BCUT2D eigenvalue weighted by Gasteiger charge is -2.15. The number of anilines is 2. The lowest BCUT2D eigenvalue weighted by molar-refractivity contribution is -0.114. The van der Waals surface area contributed by atoms with Gasteiger partial charge in [-0.2, -0.15) is 0 Å². The maximum atomic E-state index is 13.5. The predicted molar refractivity (Wildman–Crippen MR) is 183 cm³/mol. The Kier molecular flexibility index (Phi) is 11.9. The van der Waals surface area contributed by atoms with Crippen molar-refractivity contribution in [2.24, 2.45) is 0 Å². The normalized spacial score (nSPS) is 10.9. The van der Waals surface area contributed by atoms with Crippen LogP contribution in [0.1, 0.15) is 34.0 Å². The van der Waals surface area contributed by atoms with Gasteiger partial charge in [-0.3, -0.25) is 14.4 Å². The van der Waals surface area contributed by atoms with Crippen molar-refractivity contribution in [1.29, 1.82) is 0 Å². The van der Waals surface area contributed by atoms with E-state index in [0.717, 1.165) is 28.1 Å². The molecule has 0 aromatic heterocycles. The van der Waals surface area contributed by atoms with Crippen LogP contribution in [0.2, 0.25) is 0 Å². The molecule has 0 unspecified atom stereocenters. The highest BCUT2D eigenvalue weighted by atomic mass is 32.2. The van der Waals surface area contributed by atoms with Gasteiger partial charge in [0, 0.05) is 21.8 Å². The Labute approximate surface area is 273 Å². The third kappa shape index (κ3) is 8.70. The number of amides is 3. The van der Waals surface area contributed by atoms with Crippen molar-refractivity contribution < 1.29 is 28.6 Å². The fourth-order valence-corrected chi connectivity index (χ4v) is 5.35. The zero-order valence-electron chi connectivity index (χ0n) is 26.4. The minimum absolute atomic E-state index is 0.000836. The maximum absolute atomic E-state index is 13.5. The number of nitrogens with one attached hydrogen (secondary N) is 3. The molecule has 238 valence electrons. The highest BCUT2D eigenvalue weighted by Crippen LogP contribution is 2.38. The molecule has 0 heterocycles. The second-order valence-corrected chi connectivity index (χ2v) is 11.2. The zero-order chi connectivity index (χ0) is 33.1. The molecular formula is C36H37N3O6S. The van der Waals surface area contributed by atoms with E-state index >= 15 is 0 Å². The lowest BCUT2D eigenvalue weighted by atomic mass is 10.1. The second-order valence-electron chi connectivity index (χ2n) is 10.1. The Morgan fingerprint density at radius 1 is 0.804 bits per heavy atom. The van der Waals surface area contributed by atoms with Crippen LogP contribution < -0.4 is 30.2 Å². The maximum Gasteiger partial charge on any atom is 0.272 e. The lowest BCUT2D eigenvalue weighted by Crippen LogP contribution is -2.30. The first-order chi connectivity index (χ1) is 22.3. The van der Waals surface area contributed by atoms with Crippen LogP contribution in [-0.2, 0) is 16.0 Å². The fourth-order valence-electron chi connectivity index (χ4n) is 4.65. The van der Waals surface area contributed by atoms with Crippen molar-refractivity contribution in [2.45, 2.75) is 25.2 Å². The Balaban J connectivity index is 1.49. The van der Waals surface area contributed by atoms with Gasteiger partial charge in [-0.1, -0.05) is 43.3 Å². The average Bonchev–Trinajstić information content (AvgIpc) is 3.08. The number of para-hydroxylation sites is 1. The van der Waals surface area contributed by atoms with E-state index in [9.17, 15) is 14.4 Å². The fraction of sp³-hybridized carbons (Fsp3) is 0.194. The van der Waals surface area contributed by atoms with Crippen molar-refractivity contribution in [1.82, 2.24) is 5.32 Å². The predicted octanol–water partition coefficient (Wildman–Crippen LogP) is 6.72. The van der Waals surface area contributed by atoms with Gasteiger partial charge in [0.15, 0.2) is 11.5 Å². The standard InChI is InChI=1S/C36H37N3O6S/c1-6-25-14-10-11-23(2)33(25)39-32(40)22-46-28-17-15-27(16-18-28)37-36(42)29(38-35(41)26-12-8-7-9-13-26)19-24-20-30(43-3)34(45-5)31(21-24)44-4/h7-21H,6,22H2,1-5H3,(H,37,42)(H,38,41)(H,39,40)/b29-19-. The molecule has 9 nitrogen and oxygen atoms in total. The summed E-state index contributed by atoms with van der Waals surface area (Å²) in [6, 6.07) is 25.1. The molecule has 0 radical (unpaired) electrons. The third-order valence-corrected chi connectivity index (χ3v) is 8.03. The van der Waals surface area contributed by atoms with Crippen molar-refractivity contribution in [2.75, 3.05) is 37.7 Å². The number of methoxy groups -OCH3 is 3. The summed E-state index contributed by atoms with van der Waals surface area (Å²) in [5.74, 6) is 0.345. The summed E-state index contributed by atoms with van der Waals surface area (Å²) in [4.78, 5) is 40.1. The summed E-state index contributed by atoms with van der Waals surface area (Å²) in [7, 11) is 4.49. The molecule has 4 aromatic carbocycles. The van der Waals surface area contributed by atoms with Gasteiger partial charge in [-0.25, -0.2) is 0 Å². The Morgan fingerprint density at radius 3 is 2.09 bits per heavy atom. The van der Waals surface area contributed by atoms with Gasteiger partial charge in [0.1, 0.15) is 5.70 Å². The molecule has 0 saturated carbocycles. The molecule has 46 heavy (non-hydrogen) atoms. The number of aryl methyl sites for hydroxylation is 2. The van der Waals surface area contributed by atoms with E-state index in [1.165, 1.54) is 39.2 Å². The molecular weight excluding hydrogens is 602 g/mol. The van der Waals surface area contributed by atoms with Gasteiger partial charge in [0.05, 0.1) is 27.1 Å². The highest BCUT2D eigenvalue weighted by Gasteiger charge is 2.18. The first-order valence-corrected chi connectivity index (χ1v) is 15.6. The number of benzene rings is 4. The summed E-state index contributed by atoms with van der Waals surface area (Å²) in [5, 5.41) is 8.61. The Morgan fingerprint density at radius 2 is 1.48 bits per heavy atom. The number of hydrogen-bond donors (Lipinski definition) is 3. The molecule has 0 aliphatic rings.